The van der Waals surface area contributed by atoms with Gasteiger partial charge in [0.15, 0.2) is 10.7 Å². The number of halogens is 2. The van der Waals surface area contributed by atoms with Crippen LogP contribution in [0.2, 0.25) is 5.02 Å². The van der Waals surface area contributed by atoms with E-state index in [2.05, 4.69) is 25.6 Å². The fraction of sp³-hybridized carbons (Fsp3) is 0.0769. The highest BCUT2D eigenvalue weighted by molar-refractivity contribution is 6.35. The number of nitrogens with one attached hydrogen (secondary N) is 2. The third-order valence-electron chi connectivity index (χ3n) is 3.14. The predicted molar refractivity (Wildman–Crippen MR) is 83.7 cm³/mol. The third-order valence-corrected chi connectivity index (χ3v) is 3.50. The molecule has 0 aliphatic rings. The number of hydrogen-bond acceptors (Lipinski definition) is 6. The van der Waals surface area contributed by atoms with Crippen molar-refractivity contribution in [2.75, 3.05) is 5.32 Å². The van der Waals surface area contributed by atoms with Crippen molar-refractivity contribution in [1.82, 2.24) is 25.0 Å². The number of carbonyl (C=O) groups is 1. The van der Waals surface area contributed by atoms with Gasteiger partial charge in [-0.1, -0.05) is 34.9 Å². The van der Waals surface area contributed by atoms with E-state index in [0.717, 1.165) is 0 Å². The number of rotatable bonds is 5. The van der Waals surface area contributed by atoms with E-state index in [1.165, 1.54) is 17.1 Å². The molecule has 2 aromatic heterocycles. The molecule has 0 saturated carbocycles. The molecule has 0 unspecified atom stereocenters. The van der Waals surface area contributed by atoms with Crippen LogP contribution in [0.25, 0.3) is 0 Å². The minimum Gasteiger partial charge on any atom is -0.358 e. The largest absolute Gasteiger partial charge is 0.362 e. The lowest BCUT2D eigenvalue weighted by Gasteiger charge is -2.02. The summed E-state index contributed by atoms with van der Waals surface area (Å²) in [4.78, 5) is 25.8. The Kier molecular flexibility index (Phi) is 4.39. The lowest BCUT2D eigenvalue weighted by atomic mass is 10.2. The highest BCUT2D eigenvalue weighted by Crippen LogP contribution is 2.25. The van der Waals surface area contributed by atoms with Gasteiger partial charge in [-0.15, -0.1) is 10.2 Å². The molecule has 0 atom stereocenters. The summed E-state index contributed by atoms with van der Waals surface area (Å²) < 4.78 is 14.9. The molecular weight excluding hydrogens is 357 g/mol. The standard InChI is InChI=1S/C13H9ClFN7O3/c14-9-10(18-19-11(9)22(24)25)12(23)17-13-16-6-21(20-13)5-7-3-1-2-4-8(7)15/h1-4,6H,5H2,(H,18,19)(H,17,20,23). The highest BCUT2D eigenvalue weighted by Gasteiger charge is 2.25. The summed E-state index contributed by atoms with van der Waals surface area (Å²) >= 11 is 5.73. The lowest BCUT2D eigenvalue weighted by molar-refractivity contribution is -0.389. The van der Waals surface area contributed by atoms with Crippen LogP contribution in [-0.2, 0) is 6.54 Å². The van der Waals surface area contributed by atoms with E-state index in [-0.39, 0.29) is 24.0 Å². The Labute approximate surface area is 143 Å². The van der Waals surface area contributed by atoms with Crippen molar-refractivity contribution in [2.24, 2.45) is 0 Å². The van der Waals surface area contributed by atoms with Crippen LogP contribution in [0.3, 0.4) is 0 Å². The molecule has 25 heavy (non-hydrogen) atoms. The maximum Gasteiger partial charge on any atom is 0.362 e. The van der Waals surface area contributed by atoms with Gasteiger partial charge < -0.3 is 10.1 Å². The van der Waals surface area contributed by atoms with Gasteiger partial charge in [0.1, 0.15) is 12.1 Å². The smallest absolute Gasteiger partial charge is 0.358 e. The molecule has 12 heteroatoms. The minimum atomic E-state index is -0.821. The van der Waals surface area contributed by atoms with Gasteiger partial charge in [0, 0.05) is 5.56 Å². The summed E-state index contributed by atoms with van der Waals surface area (Å²) in [6.45, 7) is 0.115. The van der Waals surface area contributed by atoms with Gasteiger partial charge >= 0.3 is 5.82 Å². The van der Waals surface area contributed by atoms with Crippen molar-refractivity contribution in [3.8, 4) is 0 Å². The van der Waals surface area contributed by atoms with Crippen molar-refractivity contribution in [2.45, 2.75) is 6.54 Å². The van der Waals surface area contributed by atoms with Gasteiger partial charge in [-0.25, -0.2) is 14.1 Å². The number of anilines is 1. The maximum absolute atomic E-state index is 13.6. The number of aromatic amines is 1. The molecule has 0 aliphatic heterocycles. The van der Waals surface area contributed by atoms with Crippen LogP contribution in [0.4, 0.5) is 16.2 Å². The number of hydrogen-bond donors (Lipinski definition) is 2. The lowest BCUT2D eigenvalue weighted by Crippen LogP contribution is -2.14. The van der Waals surface area contributed by atoms with Crippen molar-refractivity contribution in [1.29, 1.82) is 0 Å². The van der Waals surface area contributed by atoms with Crippen LogP contribution in [0, 0.1) is 15.9 Å². The van der Waals surface area contributed by atoms with E-state index >= 15 is 0 Å². The SMILES string of the molecule is O=C(Nc1ncn(Cc2ccccc2F)n1)c1n[nH]c([N+](=O)[O-])c1Cl. The van der Waals surface area contributed by atoms with E-state index in [1.807, 2.05) is 0 Å². The van der Waals surface area contributed by atoms with Crippen LogP contribution in [0.15, 0.2) is 30.6 Å². The Morgan fingerprint density at radius 2 is 2.20 bits per heavy atom. The molecule has 3 rings (SSSR count). The van der Waals surface area contributed by atoms with Gasteiger partial charge in [-0.2, -0.15) is 0 Å². The van der Waals surface area contributed by atoms with Crippen molar-refractivity contribution in [3.63, 3.8) is 0 Å². The van der Waals surface area contributed by atoms with Gasteiger partial charge in [-0.3, -0.25) is 10.1 Å². The first-order chi connectivity index (χ1) is 12.0. The second-order valence-electron chi connectivity index (χ2n) is 4.80. The zero-order chi connectivity index (χ0) is 18.0. The topological polar surface area (TPSA) is 132 Å². The Balaban J connectivity index is 1.72. The van der Waals surface area contributed by atoms with E-state index in [0.29, 0.717) is 5.56 Å². The average Bonchev–Trinajstić information content (AvgIpc) is 3.16. The number of nitro groups is 1. The van der Waals surface area contributed by atoms with Crippen LogP contribution < -0.4 is 5.32 Å². The molecule has 0 fully saturated rings. The zero-order valence-corrected chi connectivity index (χ0v) is 13.1. The van der Waals surface area contributed by atoms with Gasteiger partial charge in [-0.05, 0) is 11.0 Å². The van der Waals surface area contributed by atoms with Crippen LogP contribution in [0.1, 0.15) is 16.1 Å². The zero-order valence-electron chi connectivity index (χ0n) is 12.3. The van der Waals surface area contributed by atoms with E-state index in [1.54, 1.807) is 18.2 Å². The Hall–Kier alpha value is -3.34. The summed E-state index contributed by atoms with van der Waals surface area (Å²) in [5, 5.41) is 22.1. The van der Waals surface area contributed by atoms with Gasteiger partial charge in [0.2, 0.25) is 5.95 Å². The summed E-state index contributed by atoms with van der Waals surface area (Å²) in [5.41, 5.74) is 0.0371. The summed E-state index contributed by atoms with van der Waals surface area (Å²) in [5.74, 6) is -1.88. The average molecular weight is 366 g/mol. The fourth-order valence-corrected chi connectivity index (χ4v) is 2.22. The molecule has 2 heterocycles. The van der Waals surface area contributed by atoms with Crippen LogP contribution in [0.5, 0.6) is 0 Å². The molecular formula is C13H9ClFN7O3. The van der Waals surface area contributed by atoms with Gasteiger partial charge in [0.05, 0.1) is 6.54 Å². The third kappa shape index (κ3) is 3.45. The second-order valence-corrected chi connectivity index (χ2v) is 5.18. The molecule has 0 aliphatic carbocycles. The number of benzene rings is 1. The van der Waals surface area contributed by atoms with Crippen molar-refractivity contribution >= 4 is 29.3 Å². The maximum atomic E-state index is 13.6. The predicted octanol–water partition coefficient (Wildman–Crippen LogP) is 2.00. The first-order valence-electron chi connectivity index (χ1n) is 6.78. The summed E-state index contributed by atoms with van der Waals surface area (Å²) in [7, 11) is 0. The highest BCUT2D eigenvalue weighted by atomic mass is 35.5. The van der Waals surface area contributed by atoms with E-state index < -0.39 is 21.7 Å². The quantitative estimate of drug-likeness (QED) is 0.525. The molecule has 3 aromatic rings. The Morgan fingerprint density at radius 1 is 1.44 bits per heavy atom. The molecule has 0 radical (unpaired) electrons. The Bertz CT molecular complexity index is 955. The molecule has 1 amide bonds. The molecule has 10 nitrogen and oxygen atoms in total. The van der Waals surface area contributed by atoms with E-state index in [4.69, 9.17) is 11.6 Å². The Morgan fingerprint density at radius 3 is 2.88 bits per heavy atom. The monoisotopic (exact) mass is 365 g/mol. The second kappa shape index (κ2) is 6.65. The molecule has 2 N–H and O–H groups in total. The van der Waals surface area contributed by atoms with Crippen molar-refractivity contribution in [3.05, 3.63) is 62.8 Å². The molecule has 0 bridgehead atoms. The normalized spacial score (nSPS) is 10.6. The molecule has 1 aromatic carbocycles. The first kappa shape index (κ1) is 16.5. The first-order valence-corrected chi connectivity index (χ1v) is 7.16. The fourth-order valence-electron chi connectivity index (χ4n) is 1.98. The molecule has 0 spiro atoms. The number of carbonyl (C=O) groups excluding carboxylic acids is 1. The van der Waals surface area contributed by atoms with Crippen LogP contribution in [-0.4, -0.2) is 35.8 Å². The number of aromatic nitrogens is 5. The molecule has 0 saturated heterocycles. The van der Waals surface area contributed by atoms with Crippen molar-refractivity contribution < 1.29 is 14.1 Å². The van der Waals surface area contributed by atoms with Gasteiger partial charge in [0.25, 0.3) is 5.91 Å². The summed E-state index contributed by atoms with van der Waals surface area (Å²) in [6.07, 6.45) is 1.30. The number of H-pyrrole nitrogens is 1. The summed E-state index contributed by atoms with van der Waals surface area (Å²) in [6, 6.07) is 6.17. The number of amides is 1. The minimum absolute atomic E-state index is 0.0805. The molecule has 128 valence electrons. The van der Waals surface area contributed by atoms with E-state index in [9.17, 15) is 19.3 Å². The number of nitrogens with zero attached hydrogens (tertiary/aromatic N) is 5. The van der Waals surface area contributed by atoms with Crippen LogP contribution >= 0.6 is 11.6 Å².